The molecule has 37 heavy (non-hydrogen) atoms. The zero-order valence-corrected chi connectivity index (χ0v) is 20.9. The van der Waals surface area contributed by atoms with Crippen LogP contribution in [0.1, 0.15) is 43.1 Å². The van der Waals surface area contributed by atoms with Gasteiger partial charge in [0.1, 0.15) is 17.1 Å². The fraction of sp³-hybridized carbons (Fsp3) is 0.346. The highest BCUT2D eigenvalue weighted by molar-refractivity contribution is 5.95. The first kappa shape index (κ1) is 25.9. The van der Waals surface area contributed by atoms with Crippen molar-refractivity contribution in [2.75, 3.05) is 33.0 Å². The van der Waals surface area contributed by atoms with Crippen molar-refractivity contribution in [3.63, 3.8) is 0 Å². The number of pyridine rings is 1. The molecule has 1 amide bonds. The van der Waals surface area contributed by atoms with Gasteiger partial charge in [0, 0.05) is 30.9 Å². The Kier molecular flexibility index (Phi) is 6.80. The number of nitrogens with two attached hydrogens (primary N) is 1. The average Bonchev–Trinajstić information content (AvgIpc) is 3.49. The summed E-state index contributed by atoms with van der Waals surface area (Å²) in [4.78, 5) is 18.0. The second-order valence-electron chi connectivity index (χ2n) is 9.10. The average molecular weight is 512 g/mol. The van der Waals surface area contributed by atoms with E-state index in [0.717, 1.165) is 6.07 Å². The molecule has 0 bridgehead atoms. The molecule has 4 rings (SSSR count). The quantitative estimate of drug-likeness (QED) is 0.400. The zero-order valence-electron chi connectivity index (χ0n) is 20.9. The number of nitrogen functional groups attached to an aromatic ring is 1. The Hall–Kier alpha value is -4.17. The van der Waals surface area contributed by atoms with E-state index in [9.17, 15) is 18.7 Å². The molecular weight excluding hydrogens is 484 g/mol. The van der Waals surface area contributed by atoms with E-state index >= 15 is 0 Å². The minimum absolute atomic E-state index is 0.0831. The van der Waals surface area contributed by atoms with Gasteiger partial charge in [0.2, 0.25) is 5.91 Å². The Balaban J connectivity index is 1.94. The van der Waals surface area contributed by atoms with Crippen molar-refractivity contribution < 1.29 is 28.2 Å². The standard InChI is InChI=1S/C26H27F2N5O4/c1-6-20(34)32-10-9-14(13-32)33-24-16(26(2,3)35)12-30-25(29)21(24)17(31-33)8-7-15-22(27)18(36-4)11-19(37-5)23(15)28/h6,11-12,14,35H,1,9-10,13H2,2-5H3,(H2,29,30)/t14-/m0/s1. The number of anilines is 1. The Morgan fingerprint density at radius 1 is 1.27 bits per heavy atom. The van der Waals surface area contributed by atoms with Crippen molar-refractivity contribution in [3.8, 4) is 23.3 Å². The van der Waals surface area contributed by atoms with Crippen LogP contribution in [0.4, 0.5) is 14.6 Å². The lowest BCUT2D eigenvalue weighted by Crippen LogP contribution is -2.27. The van der Waals surface area contributed by atoms with Crippen LogP contribution in [0.25, 0.3) is 10.9 Å². The molecule has 3 aromatic rings. The number of aromatic nitrogens is 3. The van der Waals surface area contributed by atoms with Crippen molar-refractivity contribution in [2.45, 2.75) is 31.9 Å². The zero-order chi connectivity index (χ0) is 27.1. The molecule has 9 nitrogen and oxygen atoms in total. The van der Waals surface area contributed by atoms with Gasteiger partial charge in [-0.15, -0.1) is 0 Å². The molecule has 2 aromatic heterocycles. The van der Waals surface area contributed by atoms with Crippen LogP contribution in [-0.4, -0.2) is 58.0 Å². The molecule has 3 heterocycles. The Bertz CT molecular complexity index is 1440. The normalized spacial score (nSPS) is 15.4. The number of carbonyl (C=O) groups is 1. The summed E-state index contributed by atoms with van der Waals surface area (Å²) in [6.45, 7) is 7.56. The summed E-state index contributed by atoms with van der Waals surface area (Å²) in [5.74, 6) is 2.65. The van der Waals surface area contributed by atoms with Gasteiger partial charge in [-0.05, 0) is 32.3 Å². The smallest absolute Gasteiger partial charge is 0.246 e. The number of ether oxygens (including phenoxy) is 2. The molecule has 1 aliphatic heterocycles. The van der Waals surface area contributed by atoms with E-state index in [0.29, 0.717) is 36.0 Å². The van der Waals surface area contributed by atoms with E-state index in [-0.39, 0.29) is 35.0 Å². The highest BCUT2D eigenvalue weighted by atomic mass is 19.1. The van der Waals surface area contributed by atoms with Crippen LogP contribution in [-0.2, 0) is 10.4 Å². The van der Waals surface area contributed by atoms with E-state index in [1.54, 1.807) is 23.4 Å². The summed E-state index contributed by atoms with van der Waals surface area (Å²) in [7, 11) is 2.49. The predicted molar refractivity (Wildman–Crippen MR) is 133 cm³/mol. The maximum atomic E-state index is 14.9. The van der Waals surface area contributed by atoms with E-state index in [1.165, 1.54) is 26.5 Å². The third-order valence-electron chi connectivity index (χ3n) is 6.29. The van der Waals surface area contributed by atoms with Gasteiger partial charge in [-0.1, -0.05) is 12.5 Å². The largest absolute Gasteiger partial charge is 0.493 e. The Labute approximate surface area is 212 Å². The van der Waals surface area contributed by atoms with Crippen LogP contribution in [0, 0.1) is 23.5 Å². The third kappa shape index (κ3) is 4.56. The van der Waals surface area contributed by atoms with Crippen molar-refractivity contribution >= 4 is 22.6 Å². The first-order chi connectivity index (χ1) is 17.5. The van der Waals surface area contributed by atoms with Gasteiger partial charge in [0.15, 0.2) is 23.1 Å². The third-order valence-corrected chi connectivity index (χ3v) is 6.29. The highest BCUT2D eigenvalue weighted by Gasteiger charge is 2.32. The van der Waals surface area contributed by atoms with Crippen molar-refractivity contribution in [1.82, 2.24) is 19.7 Å². The first-order valence-electron chi connectivity index (χ1n) is 11.4. The molecular formula is C26H27F2N5O4. The molecule has 1 aromatic carbocycles. The summed E-state index contributed by atoms with van der Waals surface area (Å²) in [5, 5.41) is 15.8. The van der Waals surface area contributed by atoms with Crippen LogP contribution in [0.2, 0.25) is 0 Å². The first-order valence-corrected chi connectivity index (χ1v) is 11.4. The SMILES string of the molecule is C=CC(=O)N1CC[C@H](n2nc(C#Cc3c(F)c(OC)cc(OC)c3F)c3c(N)ncc(C(C)(C)O)c32)C1. The molecule has 194 valence electrons. The molecule has 1 saturated heterocycles. The van der Waals surface area contributed by atoms with E-state index in [1.807, 2.05) is 0 Å². The van der Waals surface area contributed by atoms with E-state index in [2.05, 4.69) is 28.5 Å². The number of fused-ring (bicyclic) bond motifs is 1. The summed E-state index contributed by atoms with van der Waals surface area (Å²) in [6.07, 6.45) is 3.28. The molecule has 1 aliphatic rings. The van der Waals surface area contributed by atoms with E-state index < -0.39 is 22.8 Å². The van der Waals surface area contributed by atoms with Gasteiger partial charge in [0.25, 0.3) is 0 Å². The summed E-state index contributed by atoms with van der Waals surface area (Å²) in [5.41, 5.74) is 5.36. The van der Waals surface area contributed by atoms with Crippen molar-refractivity contribution in [3.05, 3.63) is 53.4 Å². The lowest BCUT2D eigenvalue weighted by Gasteiger charge is -2.21. The molecule has 3 N–H and O–H groups in total. The van der Waals surface area contributed by atoms with Gasteiger partial charge in [-0.3, -0.25) is 9.48 Å². The molecule has 0 radical (unpaired) electrons. The van der Waals surface area contributed by atoms with Crippen LogP contribution < -0.4 is 15.2 Å². The summed E-state index contributed by atoms with van der Waals surface area (Å²) >= 11 is 0. The number of methoxy groups -OCH3 is 2. The predicted octanol–water partition coefficient (Wildman–Crippen LogP) is 2.90. The number of benzene rings is 1. The monoisotopic (exact) mass is 511 g/mol. The van der Waals surface area contributed by atoms with Gasteiger partial charge in [0.05, 0.1) is 36.8 Å². The maximum absolute atomic E-state index is 14.9. The molecule has 0 spiro atoms. The lowest BCUT2D eigenvalue weighted by molar-refractivity contribution is -0.125. The summed E-state index contributed by atoms with van der Waals surface area (Å²) < 4.78 is 41.4. The second kappa shape index (κ2) is 9.71. The van der Waals surface area contributed by atoms with Gasteiger partial charge < -0.3 is 25.2 Å². The topological polar surface area (TPSA) is 116 Å². The fourth-order valence-corrected chi connectivity index (χ4v) is 4.38. The van der Waals surface area contributed by atoms with Crippen LogP contribution in [0.5, 0.6) is 11.5 Å². The lowest BCUT2D eigenvalue weighted by atomic mass is 9.97. The molecule has 1 atom stereocenters. The number of nitrogens with zero attached hydrogens (tertiary/aromatic N) is 4. The van der Waals surface area contributed by atoms with E-state index in [4.69, 9.17) is 15.2 Å². The van der Waals surface area contributed by atoms with Crippen molar-refractivity contribution in [1.29, 1.82) is 0 Å². The minimum Gasteiger partial charge on any atom is -0.493 e. The number of hydrogen-bond acceptors (Lipinski definition) is 7. The molecule has 11 heteroatoms. The number of likely N-dealkylation sites (tertiary alicyclic amines) is 1. The number of hydrogen-bond donors (Lipinski definition) is 2. The Morgan fingerprint density at radius 2 is 1.92 bits per heavy atom. The van der Waals surface area contributed by atoms with Crippen LogP contribution in [0.3, 0.4) is 0 Å². The Morgan fingerprint density at radius 3 is 2.49 bits per heavy atom. The number of carbonyl (C=O) groups excluding carboxylic acids is 1. The van der Waals surface area contributed by atoms with Gasteiger partial charge in [-0.25, -0.2) is 13.8 Å². The number of rotatable bonds is 5. The number of aliphatic hydroxyl groups is 1. The molecule has 1 fully saturated rings. The fourth-order valence-electron chi connectivity index (χ4n) is 4.38. The van der Waals surface area contributed by atoms with Crippen LogP contribution >= 0.6 is 0 Å². The molecule has 0 aliphatic carbocycles. The van der Waals surface area contributed by atoms with Gasteiger partial charge >= 0.3 is 0 Å². The van der Waals surface area contributed by atoms with Gasteiger partial charge in [-0.2, -0.15) is 5.10 Å². The maximum Gasteiger partial charge on any atom is 0.246 e. The number of halogens is 2. The second-order valence-corrected chi connectivity index (χ2v) is 9.10. The minimum atomic E-state index is -1.32. The van der Waals surface area contributed by atoms with Crippen molar-refractivity contribution in [2.24, 2.45) is 0 Å². The summed E-state index contributed by atoms with van der Waals surface area (Å²) in [6, 6.07) is 0.823. The number of amides is 1. The molecule has 0 saturated carbocycles. The van der Waals surface area contributed by atoms with Crippen LogP contribution in [0.15, 0.2) is 24.9 Å². The molecule has 0 unspecified atom stereocenters. The highest BCUT2D eigenvalue weighted by Crippen LogP contribution is 2.36.